The van der Waals surface area contributed by atoms with Crippen molar-refractivity contribution in [2.24, 2.45) is 0 Å². The van der Waals surface area contributed by atoms with E-state index in [9.17, 15) is 15.0 Å². The number of unbranched alkanes of at least 4 members (excludes halogenated alkanes) is 15. The lowest BCUT2D eigenvalue weighted by atomic mass is 10.0. The van der Waals surface area contributed by atoms with Gasteiger partial charge in [0.2, 0.25) is 5.91 Å². The average molecular weight is 426 g/mol. The highest BCUT2D eigenvalue weighted by Gasteiger charge is 2.17. The van der Waals surface area contributed by atoms with Crippen LogP contribution in [-0.2, 0) is 4.79 Å². The van der Waals surface area contributed by atoms with E-state index < -0.39 is 12.1 Å². The largest absolute Gasteiger partial charge is 0.394 e. The van der Waals surface area contributed by atoms with Crippen molar-refractivity contribution >= 4 is 5.91 Å². The summed E-state index contributed by atoms with van der Waals surface area (Å²) in [5.41, 5.74) is 0. The van der Waals surface area contributed by atoms with E-state index in [0.29, 0.717) is 6.42 Å². The third kappa shape index (κ3) is 19.1. The highest BCUT2D eigenvalue weighted by molar-refractivity contribution is 5.76. The fourth-order valence-electron chi connectivity index (χ4n) is 3.70. The average Bonchev–Trinajstić information content (AvgIpc) is 2.75. The second-order valence-electron chi connectivity index (χ2n) is 8.76. The van der Waals surface area contributed by atoms with Crippen LogP contribution in [0.5, 0.6) is 0 Å². The third-order valence-corrected chi connectivity index (χ3v) is 5.77. The van der Waals surface area contributed by atoms with Gasteiger partial charge in [0, 0.05) is 6.42 Å². The number of amides is 1. The van der Waals surface area contributed by atoms with Crippen molar-refractivity contribution in [1.82, 2.24) is 5.32 Å². The molecule has 0 aliphatic carbocycles. The lowest BCUT2D eigenvalue weighted by Gasteiger charge is -2.20. The fourth-order valence-corrected chi connectivity index (χ4v) is 3.70. The van der Waals surface area contributed by atoms with Crippen molar-refractivity contribution < 1.29 is 15.0 Å². The number of hydrogen-bond acceptors (Lipinski definition) is 3. The molecule has 0 aliphatic rings. The number of hydrogen-bond donors (Lipinski definition) is 3. The van der Waals surface area contributed by atoms with E-state index in [4.69, 9.17) is 0 Å². The predicted octanol–water partition coefficient (Wildman–Crippen LogP) is 6.44. The molecular formula is C26H51NO3. The molecule has 0 fully saturated rings. The first-order chi connectivity index (χ1) is 14.7. The van der Waals surface area contributed by atoms with Gasteiger partial charge in [-0.1, -0.05) is 116 Å². The van der Waals surface area contributed by atoms with Gasteiger partial charge < -0.3 is 15.5 Å². The Labute approximate surface area is 186 Å². The molecule has 30 heavy (non-hydrogen) atoms. The minimum atomic E-state index is -0.827. The first-order valence-electron chi connectivity index (χ1n) is 12.9. The number of nitrogens with one attached hydrogen (secondary N) is 1. The quantitative estimate of drug-likeness (QED) is 0.138. The van der Waals surface area contributed by atoms with Crippen LogP contribution in [0.25, 0.3) is 0 Å². The van der Waals surface area contributed by atoms with Crippen LogP contribution in [0.2, 0.25) is 0 Å². The number of carbonyl (C=O) groups is 1. The summed E-state index contributed by atoms with van der Waals surface area (Å²) in [4.78, 5) is 12.0. The molecule has 0 aliphatic heterocycles. The van der Waals surface area contributed by atoms with Gasteiger partial charge in [-0.25, -0.2) is 0 Å². The lowest BCUT2D eigenvalue weighted by molar-refractivity contribution is -0.123. The van der Waals surface area contributed by atoms with Crippen LogP contribution in [0, 0.1) is 0 Å². The van der Waals surface area contributed by atoms with Crippen molar-refractivity contribution in [2.45, 2.75) is 142 Å². The van der Waals surface area contributed by atoms with Gasteiger partial charge in [0.25, 0.3) is 0 Å². The van der Waals surface area contributed by atoms with E-state index in [-0.39, 0.29) is 12.5 Å². The summed E-state index contributed by atoms with van der Waals surface area (Å²) in [6.45, 7) is 4.19. The monoisotopic (exact) mass is 425 g/mol. The van der Waals surface area contributed by atoms with Gasteiger partial charge in [-0.3, -0.25) is 4.79 Å². The molecule has 0 rings (SSSR count). The molecular weight excluding hydrogens is 374 g/mol. The highest BCUT2D eigenvalue weighted by Crippen LogP contribution is 2.12. The van der Waals surface area contributed by atoms with Crippen LogP contribution < -0.4 is 5.32 Å². The number of rotatable bonds is 22. The van der Waals surface area contributed by atoms with Crippen molar-refractivity contribution in [3.8, 4) is 0 Å². The van der Waals surface area contributed by atoms with Gasteiger partial charge in [0.1, 0.15) is 0 Å². The minimum absolute atomic E-state index is 0.0802. The van der Waals surface area contributed by atoms with E-state index >= 15 is 0 Å². The molecule has 0 aromatic rings. The summed E-state index contributed by atoms with van der Waals surface area (Å²) in [5.74, 6) is -0.0802. The van der Waals surface area contributed by atoms with E-state index in [2.05, 4.69) is 19.2 Å². The number of aliphatic hydroxyl groups excluding tert-OH is 2. The van der Waals surface area contributed by atoms with Gasteiger partial charge in [-0.15, -0.1) is 0 Å². The first-order valence-corrected chi connectivity index (χ1v) is 12.9. The third-order valence-electron chi connectivity index (χ3n) is 5.77. The normalized spacial score (nSPS) is 13.6. The smallest absolute Gasteiger partial charge is 0.220 e. The van der Waals surface area contributed by atoms with Gasteiger partial charge in [0.15, 0.2) is 0 Å². The molecule has 0 aromatic heterocycles. The number of aliphatic hydroxyl groups is 2. The van der Waals surface area contributed by atoms with Crippen molar-refractivity contribution in [3.05, 3.63) is 12.2 Å². The summed E-state index contributed by atoms with van der Waals surface area (Å²) in [7, 11) is 0. The summed E-state index contributed by atoms with van der Waals surface area (Å²) < 4.78 is 0. The summed E-state index contributed by atoms with van der Waals surface area (Å²) >= 11 is 0. The Bertz CT molecular complexity index is 398. The Balaban J connectivity index is 3.69. The maximum Gasteiger partial charge on any atom is 0.220 e. The molecule has 4 nitrogen and oxygen atoms in total. The standard InChI is InChI=1S/C26H51NO3/c1-3-5-7-9-10-11-12-13-14-15-16-18-19-21-25(29)24(23-28)27-26(30)22-20-17-8-6-4-2/h19,21,24-25,28-29H,3-18,20,22-23H2,1-2H3,(H,27,30)/t24-,25-/m1/s1. The molecule has 1 amide bonds. The molecule has 0 saturated carbocycles. The fraction of sp³-hybridized carbons (Fsp3) is 0.885. The molecule has 0 aromatic carbocycles. The van der Waals surface area contributed by atoms with E-state index in [1.165, 1.54) is 77.0 Å². The Morgan fingerprint density at radius 3 is 1.73 bits per heavy atom. The molecule has 0 radical (unpaired) electrons. The lowest BCUT2D eigenvalue weighted by Crippen LogP contribution is -2.45. The van der Waals surface area contributed by atoms with Crippen molar-refractivity contribution in [3.63, 3.8) is 0 Å². The molecule has 0 bridgehead atoms. The Morgan fingerprint density at radius 1 is 0.767 bits per heavy atom. The molecule has 0 spiro atoms. The number of allylic oxidation sites excluding steroid dienone is 1. The summed E-state index contributed by atoms with van der Waals surface area (Å²) in [5, 5.41) is 22.5. The van der Waals surface area contributed by atoms with Crippen LogP contribution >= 0.6 is 0 Å². The minimum Gasteiger partial charge on any atom is -0.394 e. The van der Waals surface area contributed by atoms with E-state index in [0.717, 1.165) is 32.1 Å². The van der Waals surface area contributed by atoms with Crippen LogP contribution in [0.15, 0.2) is 12.2 Å². The van der Waals surface area contributed by atoms with Crippen LogP contribution in [0.4, 0.5) is 0 Å². The molecule has 0 heterocycles. The van der Waals surface area contributed by atoms with Crippen molar-refractivity contribution in [1.29, 1.82) is 0 Å². The molecule has 178 valence electrons. The van der Waals surface area contributed by atoms with Crippen LogP contribution in [0.3, 0.4) is 0 Å². The Morgan fingerprint density at radius 2 is 1.23 bits per heavy atom. The molecule has 0 saturated heterocycles. The zero-order chi connectivity index (χ0) is 22.3. The first kappa shape index (κ1) is 29.1. The maximum atomic E-state index is 12.0. The Hall–Kier alpha value is -0.870. The van der Waals surface area contributed by atoms with Crippen molar-refractivity contribution in [2.75, 3.05) is 6.61 Å². The second kappa shape index (κ2) is 22.8. The van der Waals surface area contributed by atoms with E-state index in [1.54, 1.807) is 6.08 Å². The van der Waals surface area contributed by atoms with Gasteiger partial charge in [0.05, 0.1) is 18.8 Å². The molecule has 3 N–H and O–H groups in total. The van der Waals surface area contributed by atoms with E-state index in [1.807, 2.05) is 6.08 Å². The summed E-state index contributed by atoms with van der Waals surface area (Å²) in [6.07, 6.45) is 24.4. The second-order valence-corrected chi connectivity index (χ2v) is 8.76. The van der Waals surface area contributed by atoms with Gasteiger partial charge >= 0.3 is 0 Å². The number of carbonyl (C=O) groups excluding carboxylic acids is 1. The molecule has 4 heteroatoms. The van der Waals surface area contributed by atoms with Gasteiger partial charge in [-0.2, -0.15) is 0 Å². The van der Waals surface area contributed by atoms with Gasteiger partial charge in [-0.05, 0) is 19.3 Å². The Kier molecular flexibility index (Phi) is 22.1. The topological polar surface area (TPSA) is 69.6 Å². The zero-order valence-electron chi connectivity index (χ0n) is 20.0. The molecule has 0 unspecified atom stereocenters. The molecule has 2 atom stereocenters. The summed E-state index contributed by atoms with van der Waals surface area (Å²) in [6, 6.07) is -0.610. The maximum absolute atomic E-state index is 12.0. The predicted molar refractivity (Wildman–Crippen MR) is 129 cm³/mol. The zero-order valence-corrected chi connectivity index (χ0v) is 20.0. The van der Waals surface area contributed by atoms with Crippen LogP contribution in [0.1, 0.15) is 129 Å². The SMILES string of the molecule is CCCCCCCCCCCCCC=C[C@@H](O)[C@@H](CO)NC(=O)CCCCCCC. The highest BCUT2D eigenvalue weighted by atomic mass is 16.3. The van der Waals surface area contributed by atoms with Crippen LogP contribution in [-0.4, -0.2) is 34.9 Å².